The maximum Gasteiger partial charge on any atom is 0.276 e. The number of nitrogens with one attached hydrogen (secondary N) is 2. The van der Waals surface area contributed by atoms with E-state index < -0.39 is 0 Å². The van der Waals surface area contributed by atoms with Crippen LogP contribution in [0.3, 0.4) is 0 Å². The van der Waals surface area contributed by atoms with E-state index in [1.54, 1.807) is 23.7 Å². The first-order valence-corrected chi connectivity index (χ1v) is 9.79. The normalized spacial score (nSPS) is 10.6. The van der Waals surface area contributed by atoms with Gasteiger partial charge in [-0.15, -0.1) is 22.7 Å². The van der Waals surface area contributed by atoms with Crippen LogP contribution in [-0.4, -0.2) is 21.8 Å². The van der Waals surface area contributed by atoms with Gasteiger partial charge in [0.25, 0.3) is 5.91 Å². The van der Waals surface area contributed by atoms with Gasteiger partial charge in [0.2, 0.25) is 5.91 Å². The van der Waals surface area contributed by atoms with Gasteiger partial charge in [0.1, 0.15) is 5.69 Å². The molecular weight excluding hydrogens is 415 g/mol. The van der Waals surface area contributed by atoms with Crippen molar-refractivity contribution in [3.63, 3.8) is 0 Å². The van der Waals surface area contributed by atoms with Gasteiger partial charge in [-0.3, -0.25) is 14.9 Å². The number of hydrogen-bond donors (Lipinski definition) is 2. The number of anilines is 2. The number of aromatic nitrogens is 2. The third-order valence-corrected chi connectivity index (χ3v) is 5.43. The van der Waals surface area contributed by atoms with Crippen molar-refractivity contribution in [2.75, 3.05) is 10.6 Å². The summed E-state index contributed by atoms with van der Waals surface area (Å²) in [5, 5.41) is 8.82. The van der Waals surface area contributed by atoms with E-state index in [2.05, 4.69) is 20.6 Å². The molecule has 2 heterocycles. The topological polar surface area (TPSA) is 84.0 Å². The third kappa shape index (κ3) is 4.79. The molecule has 26 heavy (non-hydrogen) atoms. The van der Waals surface area contributed by atoms with Crippen molar-refractivity contribution in [3.05, 3.63) is 56.0 Å². The molecule has 2 N–H and O–H groups in total. The van der Waals surface area contributed by atoms with Crippen LogP contribution in [-0.2, 0) is 11.2 Å². The molecule has 134 valence electrons. The lowest BCUT2D eigenvalue weighted by Gasteiger charge is -2.02. The van der Waals surface area contributed by atoms with Crippen molar-refractivity contribution in [2.24, 2.45) is 0 Å². The molecular formula is C16H12Cl2N4O2S2. The van der Waals surface area contributed by atoms with E-state index in [1.165, 1.54) is 29.6 Å². The van der Waals surface area contributed by atoms with Gasteiger partial charge < -0.3 is 5.32 Å². The van der Waals surface area contributed by atoms with E-state index in [1.807, 2.05) is 6.07 Å². The van der Waals surface area contributed by atoms with Crippen LogP contribution in [0.5, 0.6) is 0 Å². The molecule has 0 aliphatic rings. The Hall–Kier alpha value is -2.00. The first kappa shape index (κ1) is 18.8. The zero-order chi connectivity index (χ0) is 18.7. The number of carbonyl (C=O) groups is 2. The van der Waals surface area contributed by atoms with Gasteiger partial charge in [-0.2, -0.15) is 0 Å². The largest absolute Gasteiger partial charge is 0.302 e. The van der Waals surface area contributed by atoms with Crippen LogP contribution in [0.2, 0.25) is 10.0 Å². The summed E-state index contributed by atoms with van der Waals surface area (Å²) in [7, 11) is 0. The molecule has 0 unspecified atom stereocenters. The lowest BCUT2D eigenvalue weighted by molar-refractivity contribution is -0.114. The Balaban J connectivity index is 1.65. The summed E-state index contributed by atoms with van der Waals surface area (Å²) >= 11 is 14.6. The summed E-state index contributed by atoms with van der Waals surface area (Å²) < 4.78 is 0. The van der Waals surface area contributed by atoms with Gasteiger partial charge in [0, 0.05) is 39.8 Å². The van der Waals surface area contributed by atoms with Crippen molar-refractivity contribution in [1.29, 1.82) is 0 Å². The van der Waals surface area contributed by atoms with Crippen LogP contribution < -0.4 is 10.6 Å². The zero-order valence-corrected chi connectivity index (χ0v) is 16.5. The molecule has 10 heteroatoms. The smallest absolute Gasteiger partial charge is 0.276 e. The molecule has 1 aromatic carbocycles. The van der Waals surface area contributed by atoms with E-state index in [0.717, 1.165) is 10.4 Å². The second kappa shape index (κ2) is 8.13. The van der Waals surface area contributed by atoms with Crippen molar-refractivity contribution in [1.82, 2.24) is 9.97 Å². The molecule has 0 aliphatic heterocycles. The Labute approximate surface area is 167 Å². The van der Waals surface area contributed by atoms with Crippen LogP contribution >= 0.6 is 45.9 Å². The molecule has 0 saturated carbocycles. The van der Waals surface area contributed by atoms with Crippen LogP contribution in [0.1, 0.15) is 27.9 Å². The van der Waals surface area contributed by atoms with E-state index in [4.69, 9.17) is 23.2 Å². The van der Waals surface area contributed by atoms with Gasteiger partial charge in [0.15, 0.2) is 10.3 Å². The number of rotatable bonds is 5. The van der Waals surface area contributed by atoms with Crippen LogP contribution in [0.25, 0.3) is 0 Å². The van der Waals surface area contributed by atoms with Gasteiger partial charge >= 0.3 is 0 Å². The monoisotopic (exact) mass is 426 g/mol. The summed E-state index contributed by atoms with van der Waals surface area (Å²) in [5.41, 5.74) is 1.15. The highest BCUT2D eigenvalue weighted by molar-refractivity contribution is 7.15. The fraction of sp³-hybridized carbons (Fsp3) is 0.125. The molecule has 0 atom stereocenters. The van der Waals surface area contributed by atoms with Crippen LogP contribution in [0.15, 0.2) is 29.8 Å². The lowest BCUT2D eigenvalue weighted by Crippen LogP contribution is -2.12. The first-order valence-electron chi connectivity index (χ1n) is 7.34. The summed E-state index contributed by atoms with van der Waals surface area (Å²) in [6.45, 7) is 1.38. The molecule has 0 saturated heterocycles. The number of halogens is 2. The Bertz CT molecular complexity index is 971. The fourth-order valence-corrected chi connectivity index (χ4v) is 4.09. The SMILES string of the molecule is CC(=O)Nc1nc(C(=O)Nc2ncc(Cc3ccc(Cl)cc3Cl)s2)cs1. The van der Waals surface area contributed by atoms with Crippen molar-refractivity contribution >= 4 is 68.0 Å². The number of hydrogen-bond acceptors (Lipinski definition) is 6. The number of carbonyl (C=O) groups excluding carboxylic acids is 2. The minimum atomic E-state index is -0.386. The van der Waals surface area contributed by atoms with E-state index in [-0.39, 0.29) is 17.5 Å². The Kier molecular flexibility index (Phi) is 5.87. The minimum Gasteiger partial charge on any atom is -0.302 e. The highest BCUT2D eigenvalue weighted by Gasteiger charge is 2.14. The second-order valence-electron chi connectivity index (χ2n) is 5.22. The second-order valence-corrected chi connectivity index (χ2v) is 8.03. The summed E-state index contributed by atoms with van der Waals surface area (Å²) in [6, 6.07) is 5.33. The standard InChI is InChI=1S/C16H12Cl2N4O2S2/c1-8(23)20-16-21-13(7-25-16)14(24)22-15-19-6-11(26-15)4-9-2-3-10(17)5-12(9)18/h2-3,5-7H,4H2,1H3,(H,19,22,24)(H,20,21,23). The number of thiazole rings is 2. The quantitative estimate of drug-likeness (QED) is 0.618. The van der Waals surface area contributed by atoms with Crippen molar-refractivity contribution in [3.8, 4) is 0 Å². The number of nitrogens with zero attached hydrogens (tertiary/aromatic N) is 2. The number of benzene rings is 1. The summed E-state index contributed by atoms with van der Waals surface area (Å²) in [6.07, 6.45) is 2.28. The summed E-state index contributed by atoms with van der Waals surface area (Å²) in [4.78, 5) is 32.4. The van der Waals surface area contributed by atoms with Gasteiger partial charge in [-0.25, -0.2) is 9.97 Å². The highest BCUT2D eigenvalue weighted by atomic mass is 35.5. The fourth-order valence-electron chi connectivity index (χ4n) is 2.05. The Morgan fingerprint density at radius 2 is 2.00 bits per heavy atom. The van der Waals surface area contributed by atoms with Gasteiger partial charge in [-0.1, -0.05) is 29.3 Å². The average Bonchev–Trinajstić information content (AvgIpc) is 3.19. The van der Waals surface area contributed by atoms with Crippen molar-refractivity contribution < 1.29 is 9.59 Å². The molecule has 0 bridgehead atoms. The molecule has 0 aliphatic carbocycles. The maximum atomic E-state index is 12.2. The first-order chi connectivity index (χ1) is 12.4. The Morgan fingerprint density at radius 1 is 1.19 bits per heavy atom. The third-order valence-electron chi connectivity index (χ3n) is 3.17. The summed E-state index contributed by atoms with van der Waals surface area (Å²) in [5.74, 6) is -0.625. The van der Waals surface area contributed by atoms with E-state index in [0.29, 0.717) is 26.7 Å². The van der Waals surface area contributed by atoms with E-state index in [9.17, 15) is 9.59 Å². The molecule has 2 amide bonds. The van der Waals surface area contributed by atoms with Crippen LogP contribution in [0.4, 0.5) is 10.3 Å². The maximum absolute atomic E-state index is 12.2. The molecule has 0 spiro atoms. The minimum absolute atomic E-state index is 0.219. The Morgan fingerprint density at radius 3 is 2.73 bits per heavy atom. The predicted molar refractivity (Wildman–Crippen MR) is 106 cm³/mol. The predicted octanol–water partition coefficient (Wildman–Crippen LogP) is 4.71. The molecule has 6 nitrogen and oxygen atoms in total. The van der Waals surface area contributed by atoms with Gasteiger partial charge in [0.05, 0.1) is 0 Å². The molecule has 2 aromatic heterocycles. The zero-order valence-electron chi connectivity index (χ0n) is 13.4. The molecule has 0 fully saturated rings. The molecule has 0 radical (unpaired) electrons. The lowest BCUT2D eigenvalue weighted by atomic mass is 10.1. The van der Waals surface area contributed by atoms with E-state index >= 15 is 0 Å². The van der Waals surface area contributed by atoms with Gasteiger partial charge in [-0.05, 0) is 17.7 Å². The number of amides is 2. The van der Waals surface area contributed by atoms with Crippen LogP contribution in [0, 0.1) is 0 Å². The molecule has 3 aromatic rings. The highest BCUT2D eigenvalue weighted by Crippen LogP contribution is 2.27. The van der Waals surface area contributed by atoms with Crippen molar-refractivity contribution in [2.45, 2.75) is 13.3 Å². The molecule has 3 rings (SSSR count). The average molecular weight is 427 g/mol.